The van der Waals surface area contributed by atoms with Gasteiger partial charge in [-0.3, -0.25) is 4.57 Å². The molecule has 2 aromatic rings. The highest BCUT2D eigenvalue weighted by Gasteiger charge is 2.14. The number of hydrogen-bond acceptors (Lipinski definition) is 3. The maximum atomic E-state index is 5.98. The van der Waals surface area contributed by atoms with Crippen LogP contribution in [0.15, 0.2) is 12.1 Å². The normalized spacial score (nSPS) is 16.9. The lowest BCUT2D eigenvalue weighted by Crippen LogP contribution is -2.19. The maximum absolute atomic E-state index is 5.98. The van der Waals surface area contributed by atoms with Crippen molar-refractivity contribution in [2.24, 2.45) is 0 Å². The summed E-state index contributed by atoms with van der Waals surface area (Å²) in [5, 5.41) is 0. The van der Waals surface area contributed by atoms with Crippen LogP contribution in [-0.4, -0.2) is 27.2 Å². The summed E-state index contributed by atoms with van der Waals surface area (Å²) in [7, 11) is 0. The summed E-state index contributed by atoms with van der Waals surface area (Å²) in [5.41, 5.74) is 2.94. The van der Waals surface area contributed by atoms with Crippen LogP contribution in [0.1, 0.15) is 37.8 Å². The van der Waals surface area contributed by atoms with E-state index in [1.807, 2.05) is 23.6 Å². The number of aryl methyl sites for hydroxylation is 1. The van der Waals surface area contributed by atoms with Gasteiger partial charge in [-0.05, 0) is 44.1 Å². The standard InChI is InChI=1S/C15H21N3OS/c1-11-7-8-13-14(16-11)18(15(20)17-13)9-10-19-12-5-3-2-4-6-12/h7-8,12H,2-6,9-10H2,1H3,(H,17,20). The van der Waals surface area contributed by atoms with Crippen LogP contribution in [0.25, 0.3) is 11.2 Å². The number of pyridine rings is 1. The predicted octanol–water partition coefficient (Wildman–Crippen LogP) is 3.75. The number of hydrogen-bond donors (Lipinski definition) is 1. The number of fused-ring (bicyclic) bond motifs is 1. The van der Waals surface area contributed by atoms with E-state index in [1.54, 1.807) is 0 Å². The third-order valence-corrected chi connectivity index (χ3v) is 4.30. The van der Waals surface area contributed by atoms with Gasteiger partial charge in [-0.1, -0.05) is 19.3 Å². The molecule has 5 heteroatoms. The first-order valence-corrected chi connectivity index (χ1v) is 7.82. The fourth-order valence-corrected chi connectivity index (χ4v) is 3.16. The Kier molecular flexibility index (Phi) is 4.17. The van der Waals surface area contributed by atoms with Gasteiger partial charge in [0.1, 0.15) is 0 Å². The van der Waals surface area contributed by atoms with Crippen molar-refractivity contribution in [3.8, 4) is 0 Å². The van der Waals surface area contributed by atoms with Gasteiger partial charge in [-0.2, -0.15) is 0 Å². The molecule has 0 atom stereocenters. The molecule has 0 saturated heterocycles. The van der Waals surface area contributed by atoms with E-state index in [0.717, 1.165) is 28.2 Å². The first-order chi connectivity index (χ1) is 9.74. The number of aromatic amines is 1. The summed E-state index contributed by atoms with van der Waals surface area (Å²) in [4.78, 5) is 7.77. The van der Waals surface area contributed by atoms with E-state index in [4.69, 9.17) is 17.0 Å². The number of nitrogens with one attached hydrogen (secondary N) is 1. The van der Waals surface area contributed by atoms with E-state index < -0.39 is 0 Å². The van der Waals surface area contributed by atoms with Crippen LogP contribution >= 0.6 is 12.2 Å². The summed E-state index contributed by atoms with van der Waals surface area (Å²) in [5.74, 6) is 0. The summed E-state index contributed by atoms with van der Waals surface area (Å²) in [6.07, 6.45) is 6.82. The van der Waals surface area contributed by atoms with Crippen molar-refractivity contribution in [2.45, 2.75) is 51.7 Å². The Labute approximate surface area is 124 Å². The molecule has 0 spiro atoms. The van der Waals surface area contributed by atoms with Crippen LogP contribution < -0.4 is 0 Å². The van der Waals surface area contributed by atoms with Gasteiger partial charge < -0.3 is 9.72 Å². The minimum atomic E-state index is 0.442. The molecule has 2 aromatic heterocycles. The quantitative estimate of drug-likeness (QED) is 0.872. The van der Waals surface area contributed by atoms with Crippen molar-refractivity contribution in [1.29, 1.82) is 0 Å². The fraction of sp³-hybridized carbons (Fsp3) is 0.600. The highest BCUT2D eigenvalue weighted by molar-refractivity contribution is 7.71. The molecule has 108 valence electrons. The van der Waals surface area contributed by atoms with Crippen molar-refractivity contribution in [1.82, 2.24) is 14.5 Å². The van der Waals surface area contributed by atoms with Crippen molar-refractivity contribution in [2.75, 3.05) is 6.61 Å². The summed E-state index contributed by atoms with van der Waals surface area (Å²) in [6, 6.07) is 4.03. The Morgan fingerprint density at radius 3 is 2.95 bits per heavy atom. The van der Waals surface area contributed by atoms with Gasteiger partial charge in [-0.25, -0.2) is 4.98 Å². The SMILES string of the molecule is Cc1ccc2[nH]c(=S)n(CCOC3CCCCC3)c2n1. The predicted molar refractivity (Wildman–Crippen MR) is 82.5 cm³/mol. The summed E-state index contributed by atoms with van der Waals surface area (Å²) < 4.78 is 8.75. The fourth-order valence-electron chi connectivity index (χ4n) is 2.88. The summed E-state index contributed by atoms with van der Waals surface area (Å²) in [6.45, 7) is 3.48. The van der Waals surface area contributed by atoms with Crippen LogP contribution in [-0.2, 0) is 11.3 Å². The highest BCUT2D eigenvalue weighted by atomic mass is 32.1. The van der Waals surface area contributed by atoms with Crippen LogP contribution in [0.5, 0.6) is 0 Å². The Balaban J connectivity index is 1.69. The molecule has 0 aliphatic heterocycles. The third kappa shape index (κ3) is 2.94. The lowest BCUT2D eigenvalue weighted by atomic mass is 9.98. The molecule has 1 aliphatic rings. The van der Waals surface area contributed by atoms with E-state index in [-0.39, 0.29) is 0 Å². The second kappa shape index (κ2) is 6.06. The van der Waals surface area contributed by atoms with Crippen molar-refractivity contribution >= 4 is 23.4 Å². The first kappa shape index (κ1) is 13.8. The molecule has 1 fully saturated rings. The number of H-pyrrole nitrogens is 1. The molecule has 0 aromatic carbocycles. The molecular formula is C15H21N3OS. The zero-order chi connectivity index (χ0) is 13.9. The van der Waals surface area contributed by atoms with Gasteiger partial charge in [0.15, 0.2) is 10.4 Å². The molecule has 0 bridgehead atoms. The monoisotopic (exact) mass is 291 g/mol. The van der Waals surface area contributed by atoms with E-state index in [1.165, 1.54) is 32.1 Å². The number of aromatic nitrogens is 3. The number of imidazole rings is 1. The molecule has 1 N–H and O–H groups in total. The number of ether oxygens (including phenoxy) is 1. The van der Waals surface area contributed by atoms with Gasteiger partial charge in [0.2, 0.25) is 0 Å². The van der Waals surface area contributed by atoms with Crippen LogP contribution in [0.3, 0.4) is 0 Å². The van der Waals surface area contributed by atoms with E-state index in [0.29, 0.717) is 12.7 Å². The van der Waals surface area contributed by atoms with Gasteiger partial charge in [0.05, 0.1) is 24.8 Å². The topological polar surface area (TPSA) is 42.8 Å². The highest BCUT2D eigenvalue weighted by Crippen LogP contribution is 2.20. The molecule has 0 unspecified atom stereocenters. The Bertz CT molecular complexity index is 640. The zero-order valence-electron chi connectivity index (χ0n) is 11.9. The molecule has 20 heavy (non-hydrogen) atoms. The van der Waals surface area contributed by atoms with Crippen molar-refractivity contribution < 1.29 is 4.74 Å². The molecule has 0 radical (unpaired) electrons. The molecule has 0 amide bonds. The second-order valence-electron chi connectivity index (χ2n) is 5.54. The van der Waals surface area contributed by atoms with Gasteiger partial charge in [0.25, 0.3) is 0 Å². The van der Waals surface area contributed by atoms with Crippen LogP contribution in [0.4, 0.5) is 0 Å². The van der Waals surface area contributed by atoms with Gasteiger partial charge in [0, 0.05) is 5.69 Å². The molecule has 2 heterocycles. The summed E-state index contributed by atoms with van der Waals surface area (Å²) >= 11 is 5.38. The van der Waals surface area contributed by atoms with Crippen molar-refractivity contribution in [3.05, 3.63) is 22.6 Å². The maximum Gasteiger partial charge on any atom is 0.179 e. The third-order valence-electron chi connectivity index (χ3n) is 3.98. The van der Waals surface area contributed by atoms with Crippen molar-refractivity contribution in [3.63, 3.8) is 0 Å². The minimum Gasteiger partial charge on any atom is -0.376 e. The number of rotatable bonds is 4. The van der Waals surface area contributed by atoms with Crippen LogP contribution in [0.2, 0.25) is 0 Å². The van der Waals surface area contributed by atoms with E-state index in [2.05, 4.69) is 9.97 Å². The molecule has 4 nitrogen and oxygen atoms in total. The van der Waals surface area contributed by atoms with Crippen LogP contribution in [0, 0.1) is 11.7 Å². The van der Waals surface area contributed by atoms with Gasteiger partial charge >= 0.3 is 0 Å². The first-order valence-electron chi connectivity index (χ1n) is 7.42. The average Bonchev–Trinajstić information content (AvgIpc) is 2.76. The van der Waals surface area contributed by atoms with E-state index >= 15 is 0 Å². The van der Waals surface area contributed by atoms with Gasteiger partial charge in [-0.15, -0.1) is 0 Å². The Morgan fingerprint density at radius 2 is 2.15 bits per heavy atom. The Morgan fingerprint density at radius 1 is 1.35 bits per heavy atom. The second-order valence-corrected chi connectivity index (χ2v) is 5.92. The lowest BCUT2D eigenvalue weighted by Gasteiger charge is -2.22. The smallest absolute Gasteiger partial charge is 0.179 e. The number of nitrogens with zero attached hydrogens (tertiary/aromatic N) is 2. The average molecular weight is 291 g/mol. The van der Waals surface area contributed by atoms with E-state index in [9.17, 15) is 0 Å². The molecular weight excluding hydrogens is 270 g/mol. The molecule has 1 saturated carbocycles. The molecule has 1 aliphatic carbocycles. The molecule has 3 rings (SSSR count). The Hall–Kier alpha value is -1.20. The lowest BCUT2D eigenvalue weighted by molar-refractivity contribution is 0.0243. The minimum absolute atomic E-state index is 0.442. The zero-order valence-corrected chi connectivity index (χ0v) is 12.7. The largest absolute Gasteiger partial charge is 0.376 e.